The molecule has 0 saturated heterocycles. The summed E-state index contributed by atoms with van der Waals surface area (Å²) in [6.45, 7) is -0.438. The zero-order valence-corrected chi connectivity index (χ0v) is 16.1. The molecule has 2 rings (SSSR count). The number of hydrogen-bond acceptors (Lipinski definition) is 6. The number of halogens is 1. The van der Waals surface area contributed by atoms with E-state index >= 15 is 0 Å². The third-order valence-corrected chi connectivity index (χ3v) is 3.92. The van der Waals surface area contributed by atoms with E-state index in [4.69, 9.17) is 19.3 Å². The van der Waals surface area contributed by atoms with E-state index in [1.165, 1.54) is 20.4 Å². The van der Waals surface area contributed by atoms with Gasteiger partial charge in [0, 0.05) is 11.6 Å². The van der Waals surface area contributed by atoms with E-state index in [0.29, 0.717) is 32.8 Å². The van der Waals surface area contributed by atoms with Gasteiger partial charge >= 0.3 is 5.97 Å². The van der Waals surface area contributed by atoms with E-state index in [9.17, 15) is 9.59 Å². The van der Waals surface area contributed by atoms with E-state index in [1.807, 2.05) is 0 Å². The number of nitrogens with one attached hydrogen (secondary N) is 1. The van der Waals surface area contributed by atoms with E-state index in [-0.39, 0.29) is 0 Å². The maximum Gasteiger partial charge on any atom is 0.341 e. The van der Waals surface area contributed by atoms with E-state index in [2.05, 4.69) is 26.5 Å². The Balaban J connectivity index is 2.03. The topological polar surface area (TPSA) is 106 Å². The molecule has 0 heterocycles. The van der Waals surface area contributed by atoms with Crippen LogP contribution in [-0.2, 0) is 4.79 Å². The van der Waals surface area contributed by atoms with Gasteiger partial charge in [-0.15, -0.1) is 0 Å². The molecule has 0 fully saturated rings. The van der Waals surface area contributed by atoms with Gasteiger partial charge in [0.05, 0.1) is 24.9 Å². The molecule has 0 spiro atoms. The lowest BCUT2D eigenvalue weighted by Gasteiger charge is -2.07. The first kappa shape index (κ1) is 20.2. The summed E-state index contributed by atoms with van der Waals surface area (Å²) in [6, 6.07) is 9.75. The lowest BCUT2D eigenvalue weighted by molar-refractivity contribution is -0.139. The average molecular weight is 437 g/mol. The smallest absolute Gasteiger partial charge is 0.341 e. The Hall–Kier alpha value is -3.07. The van der Waals surface area contributed by atoms with Crippen LogP contribution < -0.4 is 19.6 Å². The Labute approximate surface area is 163 Å². The minimum Gasteiger partial charge on any atom is -0.497 e. The largest absolute Gasteiger partial charge is 0.497 e. The second-order valence-electron chi connectivity index (χ2n) is 5.17. The van der Waals surface area contributed by atoms with Crippen LogP contribution in [0.1, 0.15) is 15.9 Å². The fourth-order valence-corrected chi connectivity index (χ4v) is 2.53. The maximum atomic E-state index is 12.2. The third-order valence-electron chi connectivity index (χ3n) is 3.30. The van der Waals surface area contributed by atoms with Crippen LogP contribution in [0.25, 0.3) is 0 Å². The molecule has 0 unspecified atom stereocenters. The van der Waals surface area contributed by atoms with Gasteiger partial charge in [0.2, 0.25) is 0 Å². The summed E-state index contributed by atoms with van der Waals surface area (Å²) in [5.41, 5.74) is 3.43. The summed E-state index contributed by atoms with van der Waals surface area (Å²) in [6.07, 6.45) is 1.45. The highest BCUT2D eigenvalue weighted by atomic mass is 79.9. The lowest BCUT2D eigenvalue weighted by atomic mass is 10.2. The highest BCUT2D eigenvalue weighted by Gasteiger charge is 2.09. The number of ether oxygens (including phenoxy) is 3. The third kappa shape index (κ3) is 6.00. The molecule has 0 aliphatic carbocycles. The number of methoxy groups -OCH3 is 2. The average Bonchev–Trinajstić information content (AvgIpc) is 2.66. The molecule has 0 aromatic heterocycles. The van der Waals surface area contributed by atoms with E-state index in [0.717, 1.165) is 0 Å². The van der Waals surface area contributed by atoms with Crippen LogP contribution in [0.2, 0.25) is 0 Å². The summed E-state index contributed by atoms with van der Waals surface area (Å²) in [5.74, 6) is -0.121. The molecular weight excluding hydrogens is 420 g/mol. The van der Waals surface area contributed by atoms with Crippen LogP contribution >= 0.6 is 15.9 Å². The van der Waals surface area contributed by atoms with Crippen molar-refractivity contribution in [3.05, 3.63) is 52.0 Å². The van der Waals surface area contributed by atoms with Gasteiger partial charge in [-0.3, -0.25) is 4.79 Å². The lowest BCUT2D eigenvalue weighted by Crippen LogP contribution is -2.17. The molecule has 2 aromatic carbocycles. The van der Waals surface area contributed by atoms with Gasteiger partial charge < -0.3 is 19.3 Å². The number of amides is 1. The van der Waals surface area contributed by atoms with Crippen molar-refractivity contribution in [2.24, 2.45) is 5.10 Å². The molecule has 0 saturated carbocycles. The summed E-state index contributed by atoms with van der Waals surface area (Å²) in [4.78, 5) is 22.8. The molecule has 1 amide bonds. The van der Waals surface area contributed by atoms with Crippen LogP contribution in [0.15, 0.2) is 46.0 Å². The predicted molar refractivity (Wildman–Crippen MR) is 102 cm³/mol. The summed E-state index contributed by atoms with van der Waals surface area (Å²) in [7, 11) is 2.99. The summed E-state index contributed by atoms with van der Waals surface area (Å²) < 4.78 is 15.9. The minimum atomic E-state index is -1.07. The number of carbonyl (C=O) groups excluding carboxylic acids is 1. The standard InChI is InChI=1S/C18H17BrN2O6/c1-25-13-6-12(7-14(8-13)26-2)18(24)21-20-9-11-3-4-16(15(19)5-11)27-10-17(22)23/h3-9H,10H2,1-2H3,(H,21,24)(H,22,23). The van der Waals surface area contributed by atoms with Crippen molar-refractivity contribution in [2.45, 2.75) is 0 Å². The van der Waals surface area contributed by atoms with Crippen LogP contribution in [0.4, 0.5) is 0 Å². The van der Waals surface area contributed by atoms with Crippen LogP contribution in [0, 0.1) is 0 Å². The van der Waals surface area contributed by atoms with E-state index in [1.54, 1.807) is 36.4 Å². The second-order valence-corrected chi connectivity index (χ2v) is 6.03. The van der Waals surface area contributed by atoms with Gasteiger partial charge in [-0.2, -0.15) is 5.10 Å². The van der Waals surface area contributed by atoms with Crippen molar-refractivity contribution in [3.63, 3.8) is 0 Å². The molecule has 9 heteroatoms. The van der Waals surface area contributed by atoms with Crippen molar-refractivity contribution >= 4 is 34.0 Å². The molecule has 0 bridgehead atoms. The normalized spacial score (nSPS) is 10.5. The molecule has 0 aliphatic rings. The molecular formula is C18H17BrN2O6. The van der Waals surface area contributed by atoms with Gasteiger partial charge in [-0.25, -0.2) is 10.2 Å². The zero-order chi connectivity index (χ0) is 19.8. The van der Waals surface area contributed by atoms with Crippen molar-refractivity contribution < 1.29 is 28.9 Å². The van der Waals surface area contributed by atoms with Gasteiger partial charge in [0.1, 0.15) is 17.2 Å². The second kappa shape index (κ2) is 9.58. The zero-order valence-electron chi connectivity index (χ0n) is 14.6. The molecule has 27 heavy (non-hydrogen) atoms. The van der Waals surface area contributed by atoms with Gasteiger partial charge in [0.15, 0.2) is 6.61 Å². The molecule has 2 N–H and O–H groups in total. The van der Waals surface area contributed by atoms with Gasteiger partial charge in [0.25, 0.3) is 5.91 Å². The minimum absolute atomic E-state index is 0.335. The Morgan fingerprint density at radius 2 is 1.81 bits per heavy atom. The number of carbonyl (C=O) groups is 2. The van der Waals surface area contributed by atoms with Crippen molar-refractivity contribution in [3.8, 4) is 17.2 Å². The quantitative estimate of drug-likeness (QED) is 0.486. The number of carboxylic acids is 1. The number of hydrogen-bond donors (Lipinski definition) is 2. The Morgan fingerprint density at radius 3 is 2.37 bits per heavy atom. The fourth-order valence-electron chi connectivity index (χ4n) is 2.02. The predicted octanol–water partition coefficient (Wildman–Crippen LogP) is 2.69. The number of aliphatic carboxylic acids is 1. The van der Waals surface area contributed by atoms with Crippen molar-refractivity contribution in [1.29, 1.82) is 0 Å². The van der Waals surface area contributed by atoms with Gasteiger partial charge in [-0.05, 0) is 51.8 Å². The van der Waals surface area contributed by atoms with Crippen LogP contribution in [-0.4, -0.2) is 44.0 Å². The molecule has 8 nitrogen and oxygen atoms in total. The van der Waals surface area contributed by atoms with E-state index < -0.39 is 18.5 Å². The first-order valence-electron chi connectivity index (χ1n) is 7.63. The highest BCUT2D eigenvalue weighted by Crippen LogP contribution is 2.25. The number of carboxylic acid groups (broad SMARTS) is 1. The molecule has 0 radical (unpaired) electrons. The molecule has 142 valence electrons. The molecule has 0 aliphatic heterocycles. The Bertz CT molecular complexity index is 847. The Kier molecular flexibility index (Phi) is 7.18. The SMILES string of the molecule is COc1cc(OC)cc(C(=O)NN=Cc2ccc(OCC(=O)O)c(Br)c2)c1. The molecule has 2 aromatic rings. The van der Waals surface area contributed by atoms with Crippen LogP contribution in [0.3, 0.4) is 0 Å². The van der Waals surface area contributed by atoms with Crippen LogP contribution in [0.5, 0.6) is 17.2 Å². The summed E-state index contributed by atoms with van der Waals surface area (Å²) >= 11 is 3.29. The Morgan fingerprint density at radius 1 is 1.15 bits per heavy atom. The van der Waals surface area contributed by atoms with Gasteiger partial charge in [-0.1, -0.05) is 0 Å². The van der Waals surface area contributed by atoms with Crippen molar-refractivity contribution in [2.75, 3.05) is 20.8 Å². The first-order chi connectivity index (χ1) is 12.9. The first-order valence-corrected chi connectivity index (χ1v) is 8.43. The summed E-state index contributed by atoms with van der Waals surface area (Å²) in [5, 5.41) is 12.5. The number of hydrazone groups is 1. The fraction of sp³-hybridized carbons (Fsp3) is 0.167. The number of nitrogens with zero attached hydrogens (tertiary/aromatic N) is 1. The highest BCUT2D eigenvalue weighted by molar-refractivity contribution is 9.10. The maximum absolute atomic E-state index is 12.2. The number of rotatable bonds is 8. The number of benzene rings is 2. The van der Waals surface area contributed by atoms with Crippen molar-refractivity contribution in [1.82, 2.24) is 5.43 Å². The molecule has 0 atom stereocenters. The monoisotopic (exact) mass is 436 g/mol.